The van der Waals surface area contributed by atoms with Gasteiger partial charge in [0.25, 0.3) is 0 Å². The zero-order chi connectivity index (χ0) is 48.9. The minimum absolute atomic E-state index is 0. The van der Waals surface area contributed by atoms with Crippen LogP contribution >= 0.6 is 0 Å². The second-order valence-electron chi connectivity index (χ2n) is 16.7. The van der Waals surface area contributed by atoms with E-state index in [1.807, 2.05) is 103 Å². The molecule has 0 saturated heterocycles. The van der Waals surface area contributed by atoms with Gasteiger partial charge in [0.05, 0.1) is 17.0 Å². The number of allylic oxidation sites excluding steroid dienone is 4. The van der Waals surface area contributed by atoms with E-state index in [-0.39, 0.29) is 88.8 Å². The van der Waals surface area contributed by atoms with E-state index < -0.39 is 0 Å². The largest absolute Gasteiger partial charge is 0.512 e. The summed E-state index contributed by atoms with van der Waals surface area (Å²) in [5.41, 5.74) is 10.9. The molecule has 0 bridgehead atoms. The van der Waals surface area contributed by atoms with Crippen LogP contribution in [0.1, 0.15) is 54.0 Å². The number of carbonyl (C=O) groups is 2. The molecule has 3 heterocycles. The van der Waals surface area contributed by atoms with Gasteiger partial charge in [-0.15, -0.1) is 107 Å². The number of hydrogen-bond donors (Lipinski definition) is 2. The summed E-state index contributed by atoms with van der Waals surface area (Å²) in [5, 5.41) is 20.3. The Kier molecular flexibility index (Phi) is 26.6. The van der Waals surface area contributed by atoms with E-state index in [1.54, 1.807) is 6.20 Å². The monoisotopic (exact) mass is 1470 g/mol. The van der Waals surface area contributed by atoms with Gasteiger partial charge in [-0.3, -0.25) is 14.6 Å². The Morgan fingerprint density at radius 1 is 0.507 bits per heavy atom. The van der Waals surface area contributed by atoms with E-state index in [0.717, 1.165) is 39.3 Å². The van der Waals surface area contributed by atoms with Crippen LogP contribution in [-0.2, 0) is 75.3 Å². The summed E-state index contributed by atoms with van der Waals surface area (Å²) >= 11 is 0. The first-order chi connectivity index (χ1) is 32.7. The van der Waals surface area contributed by atoms with Crippen LogP contribution in [-0.4, -0.2) is 36.7 Å². The Hall–Kier alpha value is -6.34. The van der Waals surface area contributed by atoms with Crippen molar-refractivity contribution in [2.75, 3.05) is 0 Å². The van der Waals surface area contributed by atoms with Crippen LogP contribution in [0.3, 0.4) is 0 Å². The topological polar surface area (TPSA) is 113 Å². The molecule has 2 N–H and O–H groups in total. The van der Waals surface area contributed by atoms with E-state index in [9.17, 15) is 9.59 Å². The molecule has 3 aromatic heterocycles. The van der Waals surface area contributed by atoms with E-state index in [2.05, 4.69) is 133 Å². The molecule has 10 heteroatoms. The fraction of sp³-hybridized carbons (Fsp3) is 0.131. The number of carbonyl (C=O) groups excluding carboxylic acids is 2. The standard InChI is InChI=1S/C19H18N.C17H12N.C15H10N.2C5H8O2.3Ir/c1-19(2,3)16-10-8-15(9-11-16)18-17-7-5-4-6-14(17)12-13-20-18;1-2-7-14(8-3-1)15-9-6-10-16(13-15)17-11-4-5-12-18-17;1-2-6-12(7-3-1)15-11-10-13-8-4-5-9-14(13)16-15;2*1-4(6)3-5(2)7;;;/h4-8,10-13H,1-3H3;1-9,11-13H;1-6,8-11H;2*3,6H,1-2H3;;;/q3*-1;;;;;. The first-order valence-electron chi connectivity index (χ1n) is 22.1. The molecule has 0 aliphatic heterocycles. The number of pyridine rings is 3. The van der Waals surface area contributed by atoms with Gasteiger partial charge >= 0.3 is 0 Å². The predicted octanol–water partition coefficient (Wildman–Crippen LogP) is 15.0. The first-order valence-corrected chi connectivity index (χ1v) is 22.1. The molecule has 0 unspecified atom stereocenters. The molecule has 7 nitrogen and oxygen atoms in total. The van der Waals surface area contributed by atoms with Crippen molar-refractivity contribution in [1.82, 2.24) is 15.0 Å². The van der Waals surface area contributed by atoms with Crippen LogP contribution < -0.4 is 0 Å². The second kappa shape index (κ2) is 31.1. The van der Waals surface area contributed by atoms with Gasteiger partial charge in [0, 0.05) is 84.9 Å². The molecule has 369 valence electrons. The maximum absolute atomic E-state index is 10.0. The summed E-state index contributed by atoms with van der Waals surface area (Å²) in [6.07, 6.45) is 6.00. The smallest absolute Gasteiger partial charge is 0.155 e. The number of hydrogen-bond acceptors (Lipinski definition) is 7. The van der Waals surface area contributed by atoms with Crippen molar-refractivity contribution in [1.29, 1.82) is 0 Å². The van der Waals surface area contributed by atoms with Crippen molar-refractivity contribution in [3.05, 3.63) is 236 Å². The van der Waals surface area contributed by atoms with Crippen LogP contribution in [0.25, 0.3) is 66.6 Å². The van der Waals surface area contributed by atoms with Crippen LogP contribution in [0.2, 0.25) is 0 Å². The molecule has 0 amide bonds. The molecule has 6 aromatic carbocycles. The van der Waals surface area contributed by atoms with Crippen LogP contribution in [0, 0.1) is 18.2 Å². The van der Waals surface area contributed by atoms with E-state index in [4.69, 9.17) is 10.2 Å². The number of nitrogens with zero attached hydrogens (tertiary/aromatic N) is 3. The minimum atomic E-state index is -0.125. The number of rotatable bonds is 6. The Morgan fingerprint density at radius 2 is 1.13 bits per heavy atom. The van der Waals surface area contributed by atoms with Crippen molar-refractivity contribution in [2.24, 2.45) is 0 Å². The Labute approximate surface area is 459 Å². The number of ketones is 2. The number of para-hydroxylation sites is 1. The van der Waals surface area contributed by atoms with Crippen molar-refractivity contribution in [3.63, 3.8) is 0 Å². The van der Waals surface area contributed by atoms with Gasteiger partial charge in [0.1, 0.15) is 0 Å². The quantitative estimate of drug-likeness (QED) is 0.0968. The third kappa shape index (κ3) is 20.5. The van der Waals surface area contributed by atoms with Gasteiger partial charge in [-0.1, -0.05) is 118 Å². The second-order valence-corrected chi connectivity index (χ2v) is 16.7. The van der Waals surface area contributed by atoms with Crippen LogP contribution in [0.5, 0.6) is 0 Å². The molecular weight excluding hydrogens is 1420 g/mol. The zero-order valence-electron chi connectivity index (χ0n) is 40.6. The summed E-state index contributed by atoms with van der Waals surface area (Å²) in [5.74, 6) is -0.125. The first kappa shape index (κ1) is 60.8. The Balaban J connectivity index is 0.000000318. The molecule has 71 heavy (non-hydrogen) atoms. The van der Waals surface area contributed by atoms with Gasteiger partial charge in [0.2, 0.25) is 0 Å². The minimum Gasteiger partial charge on any atom is -0.512 e. The number of aliphatic hydroxyl groups excluding tert-OH is 2. The van der Waals surface area contributed by atoms with E-state index >= 15 is 0 Å². The Morgan fingerprint density at radius 3 is 1.70 bits per heavy atom. The molecule has 0 atom stereocenters. The summed E-state index contributed by atoms with van der Waals surface area (Å²) < 4.78 is 0. The molecule has 0 aliphatic rings. The molecule has 9 aromatic rings. The number of fused-ring (bicyclic) bond motifs is 2. The molecule has 0 saturated carbocycles. The molecule has 0 aliphatic carbocycles. The summed E-state index contributed by atoms with van der Waals surface area (Å²) in [7, 11) is 0. The molecule has 3 radical (unpaired) electrons. The molecule has 9 rings (SSSR count). The van der Waals surface area contributed by atoms with Gasteiger partial charge in [0.15, 0.2) is 11.6 Å². The SMILES string of the molecule is CC(=O)C=C(C)O.CC(=O)C=C(C)O.CC(C)(C)c1c[c-]c(-c2nccc3ccccc23)cc1.[Ir].[Ir].[Ir].[c-]1ccc(-c2ccccc2)cc1-c1ccccn1.[c-]1ccccc1-c1ccc2ccccc2n1. The fourth-order valence-electron chi connectivity index (χ4n) is 6.68. The van der Waals surface area contributed by atoms with E-state index in [1.165, 1.54) is 72.7 Å². The average molecular weight is 1470 g/mol. The van der Waals surface area contributed by atoms with Crippen molar-refractivity contribution < 1.29 is 80.1 Å². The molecule has 0 fully saturated rings. The summed E-state index contributed by atoms with van der Waals surface area (Å²) in [6.45, 7) is 12.3. The van der Waals surface area contributed by atoms with Crippen molar-refractivity contribution >= 4 is 33.2 Å². The number of aliphatic hydroxyl groups is 2. The number of aromatic nitrogens is 3. The van der Waals surface area contributed by atoms with Crippen LogP contribution in [0.4, 0.5) is 0 Å². The Bertz CT molecular complexity index is 2990. The maximum Gasteiger partial charge on any atom is 0.155 e. The third-order valence-corrected chi connectivity index (χ3v) is 9.86. The fourth-order valence-corrected chi connectivity index (χ4v) is 6.68. The van der Waals surface area contributed by atoms with Crippen molar-refractivity contribution in [3.8, 4) is 44.9 Å². The van der Waals surface area contributed by atoms with Gasteiger partial charge in [-0.25, -0.2) is 0 Å². The zero-order valence-corrected chi connectivity index (χ0v) is 47.8. The molecule has 0 spiro atoms. The molecular formula is C61H56Ir3N3O4-3. The third-order valence-electron chi connectivity index (χ3n) is 9.86. The van der Waals surface area contributed by atoms with Crippen molar-refractivity contribution in [2.45, 2.75) is 53.9 Å². The van der Waals surface area contributed by atoms with Gasteiger partial charge < -0.3 is 20.2 Å². The summed E-state index contributed by atoms with van der Waals surface area (Å²) in [6, 6.07) is 69.1. The average Bonchev–Trinajstić information content (AvgIpc) is 3.34. The van der Waals surface area contributed by atoms with E-state index in [0.29, 0.717) is 0 Å². The van der Waals surface area contributed by atoms with Gasteiger partial charge in [-0.2, -0.15) is 0 Å². The summed E-state index contributed by atoms with van der Waals surface area (Å²) in [4.78, 5) is 33.5. The predicted molar refractivity (Wildman–Crippen MR) is 279 cm³/mol. The maximum atomic E-state index is 10.0. The van der Waals surface area contributed by atoms with Crippen LogP contribution in [0.15, 0.2) is 212 Å². The number of benzene rings is 6. The van der Waals surface area contributed by atoms with Gasteiger partial charge in [-0.05, 0) is 90.1 Å². The normalized spacial score (nSPS) is 10.5.